The zero-order chi connectivity index (χ0) is 15.8. The van der Waals surface area contributed by atoms with Crippen LogP contribution in [0.15, 0.2) is 72.0 Å². The number of para-hydroxylation sites is 1. The number of hydrogen-bond donors (Lipinski definition) is 1. The molecule has 0 fully saturated rings. The van der Waals surface area contributed by atoms with Crippen molar-refractivity contribution in [1.29, 1.82) is 0 Å². The van der Waals surface area contributed by atoms with Crippen molar-refractivity contribution in [3.05, 3.63) is 72.6 Å². The number of nitrogens with one attached hydrogen (secondary N) is 1. The second-order valence-electron chi connectivity index (χ2n) is 5.43. The maximum atomic E-state index is 5.89. The van der Waals surface area contributed by atoms with Crippen molar-refractivity contribution in [2.24, 2.45) is 4.99 Å². The number of rotatable bonds is 1. The van der Waals surface area contributed by atoms with E-state index in [9.17, 15) is 0 Å². The van der Waals surface area contributed by atoms with E-state index in [-0.39, 0.29) is 0 Å². The van der Waals surface area contributed by atoms with Crippen molar-refractivity contribution >= 4 is 28.0 Å². The first kappa shape index (κ1) is 13.5. The first-order chi connectivity index (χ1) is 11.2. The van der Waals surface area contributed by atoms with Crippen LogP contribution in [-0.2, 0) is 0 Å². The van der Waals surface area contributed by atoms with E-state index in [4.69, 9.17) is 4.74 Å². The van der Waals surface area contributed by atoms with Crippen molar-refractivity contribution in [1.82, 2.24) is 4.98 Å². The third kappa shape index (κ3) is 2.34. The predicted molar refractivity (Wildman–Crippen MR) is 93.4 cm³/mol. The summed E-state index contributed by atoms with van der Waals surface area (Å²) in [5.41, 5.74) is 3.39. The van der Waals surface area contributed by atoms with Gasteiger partial charge in [-0.3, -0.25) is 0 Å². The highest BCUT2D eigenvalue weighted by atomic mass is 16.5. The maximum absolute atomic E-state index is 5.89. The highest BCUT2D eigenvalue weighted by Gasteiger charge is 2.22. The number of anilines is 1. The van der Waals surface area contributed by atoms with Gasteiger partial charge in [-0.1, -0.05) is 49.0 Å². The molecule has 3 aromatic rings. The van der Waals surface area contributed by atoms with Gasteiger partial charge in [0.1, 0.15) is 5.69 Å². The van der Waals surface area contributed by atoms with Gasteiger partial charge in [-0.2, -0.15) is 0 Å². The van der Waals surface area contributed by atoms with Crippen LogP contribution in [0, 0.1) is 6.92 Å². The Balaban J connectivity index is 1.80. The molecule has 1 aliphatic heterocycles. The summed E-state index contributed by atoms with van der Waals surface area (Å²) in [6.07, 6.45) is 1.80. The molecule has 4 nitrogen and oxygen atoms in total. The number of nitrogens with zero attached hydrogens (tertiary/aromatic N) is 2. The van der Waals surface area contributed by atoms with Gasteiger partial charge in [-0.05, 0) is 18.6 Å². The molecule has 4 heteroatoms. The summed E-state index contributed by atoms with van der Waals surface area (Å²) in [6.45, 7) is 6.04. The first-order valence-electron chi connectivity index (χ1n) is 7.38. The van der Waals surface area contributed by atoms with Gasteiger partial charge in [0.25, 0.3) is 0 Å². The molecule has 0 unspecified atom stereocenters. The Morgan fingerprint density at radius 3 is 2.74 bits per heavy atom. The Bertz CT molecular complexity index is 960. The largest absolute Gasteiger partial charge is 0.416 e. The van der Waals surface area contributed by atoms with Crippen LogP contribution in [0.1, 0.15) is 5.56 Å². The summed E-state index contributed by atoms with van der Waals surface area (Å²) in [5, 5.41) is 5.38. The van der Waals surface area contributed by atoms with Crippen LogP contribution in [0.4, 0.5) is 11.4 Å². The van der Waals surface area contributed by atoms with Gasteiger partial charge in [-0.15, -0.1) is 0 Å². The molecule has 0 atom stereocenters. The van der Waals surface area contributed by atoms with Gasteiger partial charge >= 0.3 is 0 Å². The molecule has 0 amide bonds. The lowest BCUT2D eigenvalue weighted by molar-refractivity contribution is 0.525. The van der Waals surface area contributed by atoms with Crippen molar-refractivity contribution in [3.8, 4) is 5.88 Å². The molecule has 23 heavy (non-hydrogen) atoms. The number of pyridine rings is 1. The number of hydrogen-bond acceptors (Lipinski definition) is 4. The van der Waals surface area contributed by atoms with Gasteiger partial charge in [-0.25, -0.2) is 9.98 Å². The number of aromatic nitrogens is 1. The standard InChI is InChI=1S/C19H15N3O/c1-12-7-3-6-10-16(12)22-18-13(2)21-17-15-9-5-4-8-14(15)11-20-19(17)23-18/h3-11,21H,2H2,1H3/b22-18+. The SMILES string of the molecule is C=C1Nc2c(ncc3ccccc23)O/C1=N/c1ccccc1C. The molecule has 2 aromatic carbocycles. The van der Waals surface area contributed by atoms with E-state index in [0.29, 0.717) is 17.5 Å². The molecule has 0 saturated carbocycles. The molecule has 4 rings (SSSR count). The summed E-state index contributed by atoms with van der Waals surface area (Å²) in [7, 11) is 0. The van der Waals surface area contributed by atoms with Crippen molar-refractivity contribution in [2.75, 3.05) is 5.32 Å². The lowest BCUT2D eigenvalue weighted by Crippen LogP contribution is -2.23. The Hall–Kier alpha value is -3.14. The van der Waals surface area contributed by atoms with Crippen LogP contribution in [0.25, 0.3) is 10.8 Å². The van der Waals surface area contributed by atoms with E-state index in [1.165, 1.54) is 0 Å². The van der Waals surface area contributed by atoms with Crippen LogP contribution >= 0.6 is 0 Å². The van der Waals surface area contributed by atoms with Gasteiger partial charge in [0, 0.05) is 17.0 Å². The molecule has 2 heterocycles. The molecule has 112 valence electrons. The Kier molecular flexibility index (Phi) is 3.08. The smallest absolute Gasteiger partial charge is 0.245 e. The van der Waals surface area contributed by atoms with Crippen LogP contribution in [-0.4, -0.2) is 10.9 Å². The second-order valence-corrected chi connectivity index (χ2v) is 5.43. The average molecular weight is 301 g/mol. The van der Waals surface area contributed by atoms with Gasteiger partial charge < -0.3 is 10.1 Å². The van der Waals surface area contributed by atoms with Crippen molar-refractivity contribution < 1.29 is 4.74 Å². The highest BCUT2D eigenvalue weighted by Crippen LogP contribution is 2.35. The third-order valence-corrected chi connectivity index (χ3v) is 3.83. The second kappa shape index (κ2) is 5.25. The monoisotopic (exact) mass is 301 g/mol. The van der Waals surface area contributed by atoms with Crippen molar-refractivity contribution in [3.63, 3.8) is 0 Å². The zero-order valence-corrected chi connectivity index (χ0v) is 12.7. The fraction of sp³-hybridized carbons (Fsp3) is 0.0526. The molecule has 0 spiro atoms. The minimum Gasteiger partial charge on any atom is -0.416 e. The molecule has 0 radical (unpaired) electrons. The molecular formula is C19H15N3O. The fourth-order valence-corrected chi connectivity index (χ4v) is 2.59. The Morgan fingerprint density at radius 1 is 1.09 bits per heavy atom. The topological polar surface area (TPSA) is 46.5 Å². The lowest BCUT2D eigenvalue weighted by Gasteiger charge is -2.22. The summed E-state index contributed by atoms with van der Waals surface area (Å²) in [5.74, 6) is 0.956. The minimum absolute atomic E-state index is 0.439. The molecule has 0 saturated heterocycles. The fourth-order valence-electron chi connectivity index (χ4n) is 2.59. The zero-order valence-electron chi connectivity index (χ0n) is 12.7. The summed E-state index contributed by atoms with van der Waals surface area (Å²) < 4.78 is 5.89. The Labute approximate surface area is 134 Å². The average Bonchev–Trinajstić information content (AvgIpc) is 2.57. The molecular weight excluding hydrogens is 286 g/mol. The quantitative estimate of drug-likeness (QED) is 0.715. The number of aryl methyl sites for hydroxylation is 1. The van der Waals surface area contributed by atoms with E-state index in [0.717, 1.165) is 27.7 Å². The van der Waals surface area contributed by atoms with Crippen LogP contribution in [0.2, 0.25) is 0 Å². The third-order valence-electron chi connectivity index (χ3n) is 3.83. The van der Waals surface area contributed by atoms with E-state index < -0.39 is 0 Å². The van der Waals surface area contributed by atoms with E-state index in [1.807, 2.05) is 55.5 Å². The summed E-state index contributed by atoms with van der Waals surface area (Å²) in [4.78, 5) is 8.96. The number of benzene rings is 2. The number of fused-ring (bicyclic) bond motifs is 3. The molecule has 1 aromatic heterocycles. The van der Waals surface area contributed by atoms with E-state index in [2.05, 4.69) is 21.9 Å². The Morgan fingerprint density at radius 2 is 1.87 bits per heavy atom. The number of aliphatic imine (C=N–C) groups is 1. The van der Waals surface area contributed by atoms with Gasteiger partial charge in [0.2, 0.25) is 11.8 Å². The van der Waals surface area contributed by atoms with Crippen molar-refractivity contribution in [2.45, 2.75) is 6.92 Å². The lowest BCUT2D eigenvalue weighted by atomic mass is 10.1. The van der Waals surface area contributed by atoms with Gasteiger partial charge in [0.05, 0.1) is 11.4 Å². The number of ether oxygens (including phenoxy) is 1. The predicted octanol–water partition coefficient (Wildman–Crippen LogP) is 4.59. The molecule has 0 aliphatic carbocycles. The van der Waals surface area contributed by atoms with E-state index >= 15 is 0 Å². The van der Waals surface area contributed by atoms with Crippen LogP contribution in [0.5, 0.6) is 5.88 Å². The minimum atomic E-state index is 0.439. The van der Waals surface area contributed by atoms with Crippen LogP contribution in [0.3, 0.4) is 0 Å². The summed E-state index contributed by atoms with van der Waals surface area (Å²) in [6, 6.07) is 15.9. The van der Waals surface area contributed by atoms with Crippen LogP contribution < -0.4 is 10.1 Å². The highest BCUT2D eigenvalue weighted by molar-refractivity contribution is 6.07. The molecule has 0 bridgehead atoms. The maximum Gasteiger partial charge on any atom is 0.245 e. The van der Waals surface area contributed by atoms with Gasteiger partial charge in [0.15, 0.2) is 0 Å². The normalized spacial score (nSPS) is 15.2. The molecule has 1 N–H and O–H groups in total. The van der Waals surface area contributed by atoms with E-state index in [1.54, 1.807) is 6.20 Å². The first-order valence-corrected chi connectivity index (χ1v) is 7.38. The summed E-state index contributed by atoms with van der Waals surface area (Å²) >= 11 is 0. The molecule has 1 aliphatic rings.